The first-order valence-corrected chi connectivity index (χ1v) is 5.24. The van der Waals surface area contributed by atoms with Gasteiger partial charge < -0.3 is 10.5 Å². The fourth-order valence-corrected chi connectivity index (χ4v) is 1.10. The van der Waals surface area contributed by atoms with Gasteiger partial charge in [-0.15, -0.1) is 0 Å². The maximum Gasteiger partial charge on any atom is 0.269 e. The van der Waals surface area contributed by atoms with Crippen LogP contribution in [0.25, 0.3) is 0 Å². The minimum Gasteiger partial charge on any atom is -0.508 e. The van der Waals surface area contributed by atoms with Gasteiger partial charge in [0.1, 0.15) is 5.75 Å². The maximum absolute atomic E-state index is 11.5. The molecule has 1 rings (SSSR count). The zero-order chi connectivity index (χ0) is 11.8. The lowest BCUT2D eigenvalue weighted by Gasteiger charge is -2.04. The first-order valence-electron chi connectivity index (χ1n) is 5.24. The molecular weight excluding hydrogens is 204 g/mol. The Morgan fingerprint density at radius 3 is 2.69 bits per heavy atom. The number of phenols is 1. The van der Waals surface area contributed by atoms with Crippen LogP contribution < -0.4 is 10.9 Å². The zero-order valence-electron chi connectivity index (χ0n) is 9.23. The van der Waals surface area contributed by atoms with Gasteiger partial charge in [-0.1, -0.05) is 19.4 Å². The fourth-order valence-electron chi connectivity index (χ4n) is 1.10. The van der Waals surface area contributed by atoms with Crippen molar-refractivity contribution in [2.45, 2.75) is 19.8 Å². The van der Waals surface area contributed by atoms with Crippen LogP contribution >= 0.6 is 0 Å². The van der Waals surface area contributed by atoms with Gasteiger partial charge in [-0.05, 0) is 30.7 Å². The predicted octanol–water partition coefficient (Wildman–Crippen LogP) is 1.94. The van der Waals surface area contributed by atoms with Crippen molar-refractivity contribution in [2.75, 3.05) is 0 Å². The standard InChI is InChI=1S/C12H16N2O2/c1-2-3-4-9-13-14-12(16)10-5-7-11(15)8-6-10/h4-9,13,15H,2-3H2,1H3,(H,14,16)/b9-4-. The van der Waals surface area contributed by atoms with Crippen molar-refractivity contribution in [1.82, 2.24) is 10.9 Å². The second kappa shape index (κ2) is 6.50. The number of rotatable bonds is 5. The minimum absolute atomic E-state index is 0.146. The number of unbranched alkanes of at least 4 members (excludes halogenated alkanes) is 1. The highest BCUT2D eigenvalue weighted by molar-refractivity contribution is 5.93. The first kappa shape index (κ1) is 12.1. The van der Waals surface area contributed by atoms with E-state index in [4.69, 9.17) is 5.11 Å². The van der Waals surface area contributed by atoms with Crippen molar-refractivity contribution in [3.05, 3.63) is 42.1 Å². The second-order valence-electron chi connectivity index (χ2n) is 3.34. The Morgan fingerprint density at radius 2 is 2.06 bits per heavy atom. The number of aromatic hydroxyl groups is 1. The summed E-state index contributed by atoms with van der Waals surface area (Å²) in [6.07, 6.45) is 5.69. The van der Waals surface area contributed by atoms with Gasteiger partial charge in [-0.2, -0.15) is 0 Å². The highest BCUT2D eigenvalue weighted by Gasteiger charge is 2.02. The van der Waals surface area contributed by atoms with Gasteiger partial charge in [0.2, 0.25) is 0 Å². The van der Waals surface area contributed by atoms with Gasteiger partial charge >= 0.3 is 0 Å². The molecule has 4 heteroatoms. The van der Waals surface area contributed by atoms with Crippen LogP contribution in [-0.2, 0) is 0 Å². The first-order chi connectivity index (χ1) is 7.74. The van der Waals surface area contributed by atoms with Gasteiger partial charge in [0.15, 0.2) is 0 Å². The van der Waals surface area contributed by atoms with E-state index in [1.807, 2.05) is 6.08 Å². The van der Waals surface area contributed by atoms with Crippen LogP contribution in [0.4, 0.5) is 0 Å². The molecule has 0 unspecified atom stereocenters. The average Bonchev–Trinajstić information content (AvgIpc) is 2.29. The van der Waals surface area contributed by atoms with E-state index in [-0.39, 0.29) is 11.7 Å². The van der Waals surface area contributed by atoms with Crippen LogP contribution in [0.2, 0.25) is 0 Å². The Kier molecular flexibility index (Phi) is 4.92. The summed E-state index contributed by atoms with van der Waals surface area (Å²) < 4.78 is 0. The Hall–Kier alpha value is -1.97. The third-order valence-corrected chi connectivity index (χ3v) is 1.97. The molecule has 0 aliphatic rings. The van der Waals surface area contributed by atoms with E-state index in [9.17, 15) is 4.79 Å². The van der Waals surface area contributed by atoms with Gasteiger partial charge in [0.05, 0.1) is 0 Å². The molecule has 0 radical (unpaired) electrons. The van der Waals surface area contributed by atoms with Crippen molar-refractivity contribution in [3.8, 4) is 5.75 Å². The number of allylic oxidation sites excluding steroid dienone is 1. The van der Waals surface area contributed by atoms with E-state index >= 15 is 0 Å². The van der Waals surface area contributed by atoms with E-state index in [2.05, 4.69) is 17.8 Å². The molecule has 0 fully saturated rings. The van der Waals surface area contributed by atoms with Crippen molar-refractivity contribution in [1.29, 1.82) is 0 Å². The summed E-state index contributed by atoms with van der Waals surface area (Å²) in [5.74, 6) is -0.0894. The highest BCUT2D eigenvalue weighted by Crippen LogP contribution is 2.08. The SMILES string of the molecule is CCC/C=C\NNC(=O)c1ccc(O)cc1. The molecule has 3 N–H and O–H groups in total. The van der Waals surface area contributed by atoms with Crippen LogP contribution in [-0.4, -0.2) is 11.0 Å². The number of nitrogens with one attached hydrogen (secondary N) is 2. The lowest BCUT2D eigenvalue weighted by Crippen LogP contribution is -2.33. The summed E-state index contributed by atoms with van der Waals surface area (Å²) in [7, 11) is 0. The molecular formula is C12H16N2O2. The third-order valence-electron chi connectivity index (χ3n) is 1.97. The number of carbonyl (C=O) groups is 1. The van der Waals surface area contributed by atoms with E-state index in [0.29, 0.717) is 5.56 Å². The molecule has 0 bridgehead atoms. The van der Waals surface area contributed by atoms with Crippen LogP contribution in [0.1, 0.15) is 30.1 Å². The summed E-state index contributed by atoms with van der Waals surface area (Å²) in [6, 6.07) is 6.06. The van der Waals surface area contributed by atoms with Crippen LogP contribution in [0.5, 0.6) is 5.75 Å². The lowest BCUT2D eigenvalue weighted by molar-refractivity contribution is 0.0941. The third kappa shape index (κ3) is 4.04. The Bertz CT molecular complexity index is 358. The smallest absolute Gasteiger partial charge is 0.269 e. The molecule has 0 saturated heterocycles. The average molecular weight is 220 g/mol. The topological polar surface area (TPSA) is 61.4 Å². The summed E-state index contributed by atoms with van der Waals surface area (Å²) in [6.45, 7) is 2.08. The van der Waals surface area contributed by atoms with Crippen molar-refractivity contribution in [3.63, 3.8) is 0 Å². The monoisotopic (exact) mass is 220 g/mol. The molecule has 0 aromatic heterocycles. The Morgan fingerprint density at radius 1 is 1.38 bits per heavy atom. The molecule has 0 heterocycles. The van der Waals surface area contributed by atoms with Crippen molar-refractivity contribution < 1.29 is 9.90 Å². The Balaban J connectivity index is 2.38. The van der Waals surface area contributed by atoms with Gasteiger partial charge in [-0.25, -0.2) is 0 Å². The molecule has 0 spiro atoms. The number of amides is 1. The molecule has 1 aromatic rings. The number of hydrogen-bond donors (Lipinski definition) is 3. The number of carbonyl (C=O) groups excluding carboxylic acids is 1. The van der Waals surface area contributed by atoms with E-state index in [1.165, 1.54) is 12.1 Å². The van der Waals surface area contributed by atoms with Crippen LogP contribution in [0, 0.1) is 0 Å². The molecule has 16 heavy (non-hydrogen) atoms. The molecule has 86 valence electrons. The quantitative estimate of drug-likeness (QED) is 0.664. The second-order valence-corrected chi connectivity index (χ2v) is 3.34. The van der Waals surface area contributed by atoms with Crippen molar-refractivity contribution >= 4 is 5.91 Å². The Labute approximate surface area is 95.0 Å². The van der Waals surface area contributed by atoms with E-state index in [1.54, 1.807) is 18.3 Å². The van der Waals surface area contributed by atoms with E-state index < -0.39 is 0 Å². The van der Waals surface area contributed by atoms with Crippen LogP contribution in [0.3, 0.4) is 0 Å². The molecule has 0 saturated carbocycles. The highest BCUT2D eigenvalue weighted by atomic mass is 16.3. The normalized spacial score (nSPS) is 10.3. The molecule has 0 aliphatic carbocycles. The summed E-state index contributed by atoms with van der Waals surface area (Å²) >= 11 is 0. The fraction of sp³-hybridized carbons (Fsp3) is 0.250. The zero-order valence-corrected chi connectivity index (χ0v) is 9.23. The minimum atomic E-state index is -0.235. The van der Waals surface area contributed by atoms with Gasteiger partial charge in [0, 0.05) is 11.8 Å². The largest absolute Gasteiger partial charge is 0.508 e. The number of hydrogen-bond acceptors (Lipinski definition) is 3. The maximum atomic E-state index is 11.5. The number of hydrazine groups is 1. The molecule has 0 aliphatic heterocycles. The molecule has 0 atom stereocenters. The summed E-state index contributed by atoms with van der Waals surface area (Å²) in [4.78, 5) is 11.5. The summed E-state index contributed by atoms with van der Waals surface area (Å²) in [5, 5.41) is 9.05. The van der Waals surface area contributed by atoms with Gasteiger partial charge in [0.25, 0.3) is 5.91 Å². The number of benzene rings is 1. The predicted molar refractivity (Wildman–Crippen MR) is 62.8 cm³/mol. The summed E-state index contributed by atoms with van der Waals surface area (Å²) in [5.41, 5.74) is 5.71. The number of phenolic OH excluding ortho intramolecular Hbond substituents is 1. The molecule has 1 amide bonds. The molecule has 1 aromatic carbocycles. The van der Waals surface area contributed by atoms with Gasteiger partial charge in [-0.3, -0.25) is 10.2 Å². The van der Waals surface area contributed by atoms with Crippen LogP contribution in [0.15, 0.2) is 36.5 Å². The van der Waals surface area contributed by atoms with Crippen molar-refractivity contribution in [2.24, 2.45) is 0 Å². The molecule has 4 nitrogen and oxygen atoms in total. The lowest BCUT2D eigenvalue weighted by atomic mass is 10.2. The van der Waals surface area contributed by atoms with E-state index in [0.717, 1.165) is 12.8 Å².